The molecule has 0 aliphatic rings. The van der Waals surface area contributed by atoms with E-state index in [1.807, 2.05) is 44.2 Å². The minimum atomic E-state index is -0.795. The molecule has 1 rings (SSSR count). The van der Waals surface area contributed by atoms with Gasteiger partial charge in [-0.2, -0.15) is 0 Å². The summed E-state index contributed by atoms with van der Waals surface area (Å²) in [6.07, 6.45) is 0.999. The largest absolute Gasteiger partial charge is 0.491 e. The van der Waals surface area contributed by atoms with Crippen LogP contribution < -0.4 is 5.46 Å². The van der Waals surface area contributed by atoms with E-state index in [0.29, 0.717) is 0 Å². The topological polar surface area (TPSA) is 29.5 Å². The second kappa shape index (κ2) is 5.05. The second-order valence-corrected chi connectivity index (χ2v) is 3.12. The van der Waals surface area contributed by atoms with Gasteiger partial charge >= 0.3 is 7.12 Å². The summed E-state index contributed by atoms with van der Waals surface area (Å²) >= 11 is 0. The van der Waals surface area contributed by atoms with E-state index in [2.05, 4.69) is 0 Å². The predicted octanol–water partition coefficient (Wildman–Crippen LogP) is 1.19. The van der Waals surface area contributed by atoms with Gasteiger partial charge < -0.3 is 9.68 Å². The minimum Gasteiger partial charge on any atom is -0.423 e. The zero-order valence-corrected chi connectivity index (χ0v) is 8.10. The molecule has 1 unspecified atom stereocenters. The third kappa shape index (κ3) is 3.21. The van der Waals surface area contributed by atoms with Gasteiger partial charge in [-0.3, -0.25) is 0 Å². The molecule has 2 nitrogen and oxygen atoms in total. The van der Waals surface area contributed by atoms with Crippen molar-refractivity contribution in [3.8, 4) is 0 Å². The number of hydrogen-bond acceptors (Lipinski definition) is 2. The maximum absolute atomic E-state index is 9.60. The first-order valence-electron chi connectivity index (χ1n) is 4.62. The lowest BCUT2D eigenvalue weighted by Crippen LogP contribution is -2.36. The molecule has 0 amide bonds. The fourth-order valence-electron chi connectivity index (χ4n) is 1.01. The van der Waals surface area contributed by atoms with Gasteiger partial charge in [0.1, 0.15) is 0 Å². The predicted molar refractivity (Wildman–Crippen MR) is 54.9 cm³/mol. The highest BCUT2D eigenvalue weighted by Crippen LogP contribution is 1.97. The van der Waals surface area contributed by atoms with Crippen molar-refractivity contribution < 1.29 is 9.68 Å². The highest BCUT2D eigenvalue weighted by molar-refractivity contribution is 6.59. The second-order valence-electron chi connectivity index (χ2n) is 3.12. The Kier molecular flexibility index (Phi) is 3.99. The molecule has 0 fully saturated rings. The fraction of sp³-hybridized carbons (Fsp3) is 0.400. The SMILES string of the molecule is CCC(C)OB(O)c1ccccc1. The van der Waals surface area contributed by atoms with E-state index in [9.17, 15) is 5.02 Å². The quantitative estimate of drug-likeness (QED) is 0.701. The summed E-state index contributed by atoms with van der Waals surface area (Å²) in [4.78, 5) is 0. The smallest absolute Gasteiger partial charge is 0.423 e. The van der Waals surface area contributed by atoms with Gasteiger partial charge in [-0.15, -0.1) is 0 Å². The van der Waals surface area contributed by atoms with E-state index in [1.165, 1.54) is 0 Å². The number of rotatable bonds is 4. The molecule has 0 spiro atoms. The van der Waals surface area contributed by atoms with E-state index in [-0.39, 0.29) is 6.10 Å². The van der Waals surface area contributed by atoms with Gasteiger partial charge in [-0.1, -0.05) is 37.3 Å². The zero-order valence-electron chi connectivity index (χ0n) is 8.10. The van der Waals surface area contributed by atoms with E-state index in [1.54, 1.807) is 0 Å². The van der Waals surface area contributed by atoms with Gasteiger partial charge in [0.25, 0.3) is 0 Å². The van der Waals surface area contributed by atoms with Crippen LogP contribution in [0.4, 0.5) is 0 Å². The van der Waals surface area contributed by atoms with Gasteiger partial charge in [-0.25, -0.2) is 0 Å². The minimum absolute atomic E-state index is 0.0928. The van der Waals surface area contributed by atoms with Crippen LogP contribution >= 0.6 is 0 Å². The van der Waals surface area contributed by atoms with Crippen LogP contribution in [0.2, 0.25) is 0 Å². The molecule has 1 N–H and O–H groups in total. The Morgan fingerprint density at radius 2 is 2.00 bits per heavy atom. The molecule has 1 atom stereocenters. The monoisotopic (exact) mass is 178 g/mol. The molecule has 0 saturated heterocycles. The van der Waals surface area contributed by atoms with E-state index >= 15 is 0 Å². The Labute approximate surface area is 79.7 Å². The van der Waals surface area contributed by atoms with Crippen molar-refractivity contribution in [2.24, 2.45) is 0 Å². The Balaban J connectivity index is 2.53. The summed E-state index contributed by atoms with van der Waals surface area (Å²) in [5, 5.41) is 9.60. The zero-order chi connectivity index (χ0) is 9.68. The lowest BCUT2D eigenvalue weighted by Gasteiger charge is -2.13. The summed E-state index contributed by atoms with van der Waals surface area (Å²) in [5.74, 6) is 0. The molecule has 1 aromatic rings. The maximum atomic E-state index is 9.60. The van der Waals surface area contributed by atoms with Crippen LogP contribution in [0.15, 0.2) is 30.3 Å². The fourth-order valence-corrected chi connectivity index (χ4v) is 1.01. The van der Waals surface area contributed by atoms with Crippen molar-refractivity contribution in [2.75, 3.05) is 0 Å². The first-order valence-corrected chi connectivity index (χ1v) is 4.62. The molecule has 70 valence electrons. The van der Waals surface area contributed by atoms with Crippen LogP contribution in [0.3, 0.4) is 0 Å². The summed E-state index contributed by atoms with van der Waals surface area (Å²) in [7, 11) is -0.795. The number of hydrogen-bond donors (Lipinski definition) is 1. The van der Waals surface area contributed by atoms with Crippen molar-refractivity contribution in [1.29, 1.82) is 0 Å². The summed E-state index contributed by atoms with van der Waals surface area (Å²) in [5.41, 5.74) is 0.808. The molecule has 1 aromatic carbocycles. The summed E-state index contributed by atoms with van der Waals surface area (Å²) in [6.45, 7) is 3.98. The first kappa shape index (κ1) is 10.3. The van der Waals surface area contributed by atoms with Crippen molar-refractivity contribution in [3.05, 3.63) is 30.3 Å². The molecular formula is C10H15BO2. The Morgan fingerprint density at radius 1 is 1.38 bits per heavy atom. The van der Waals surface area contributed by atoms with Crippen LogP contribution in [0.5, 0.6) is 0 Å². The molecule has 0 aliphatic heterocycles. The standard InChI is InChI=1S/C10H15BO2/c1-3-9(2)13-11(12)10-7-5-4-6-8-10/h4-9,12H,3H2,1-2H3. The Bertz CT molecular complexity index is 238. The van der Waals surface area contributed by atoms with E-state index in [4.69, 9.17) is 4.65 Å². The lowest BCUT2D eigenvalue weighted by atomic mass is 9.79. The van der Waals surface area contributed by atoms with Crippen molar-refractivity contribution in [1.82, 2.24) is 0 Å². The van der Waals surface area contributed by atoms with Crippen molar-refractivity contribution >= 4 is 12.6 Å². The molecule has 0 radical (unpaired) electrons. The van der Waals surface area contributed by atoms with Crippen molar-refractivity contribution in [3.63, 3.8) is 0 Å². The van der Waals surface area contributed by atoms with Crippen LogP contribution in [0, 0.1) is 0 Å². The van der Waals surface area contributed by atoms with E-state index in [0.717, 1.165) is 11.9 Å². The highest BCUT2D eigenvalue weighted by Gasteiger charge is 2.17. The third-order valence-electron chi connectivity index (χ3n) is 2.02. The van der Waals surface area contributed by atoms with Gasteiger partial charge in [-0.05, 0) is 18.8 Å². The Morgan fingerprint density at radius 3 is 2.54 bits per heavy atom. The molecule has 3 heteroatoms. The molecule has 0 aliphatic carbocycles. The van der Waals surface area contributed by atoms with Crippen molar-refractivity contribution in [2.45, 2.75) is 26.4 Å². The number of benzene rings is 1. The summed E-state index contributed by atoms with van der Waals surface area (Å²) in [6, 6.07) is 9.40. The highest BCUT2D eigenvalue weighted by atomic mass is 16.5. The van der Waals surface area contributed by atoms with Gasteiger partial charge in [0.05, 0.1) is 0 Å². The normalized spacial score (nSPS) is 12.5. The van der Waals surface area contributed by atoms with Gasteiger partial charge in [0.2, 0.25) is 0 Å². The molecular weight excluding hydrogens is 163 g/mol. The maximum Gasteiger partial charge on any atom is 0.491 e. The Hall–Kier alpha value is -0.795. The lowest BCUT2D eigenvalue weighted by molar-refractivity contribution is 0.186. The first-order chi connectivity index (χ1) is 6.24. The average Bonchev–Trinajstić information content (AvgIpc) is 2.19. The van der Waals surface area contributed by atoms with Gasteiger partial charge in [0, 0.05) is 6.10 Å². The average molecular weight is 178 g/mol. The summed E-state index contributed by atoms with van der Waals surface area (Å²) < 4.78 is 5.34. The molecule has 0 bridgehead atoms. The molecule has 0 aromatic heterocycles. The molecule has 0 heterocycles. The van der Waals surface area contributed by atoms with Crippen LogP contribution in [-0.2, 0) is 4.65 Å². The van der Waals surface area contributed by atoms with Gasteiger partial charge in [0.15, 0.2) is 0 Å². The van der Waals surface area contributed by atoms with Crippen LogP contribution in [0.25, 0.3) is 0 Å². The third-order valence-corrected chi connectivity index (χ3v) is 2.02. The van der Waals surface area contributed by atoms with Crippen LogP contribution in [0.1, 0.15) is 20.3 Å². The van der Waals surface area contributed by atoms with E-state index < -0.39 is 7.12 Å². The molecule has 13 heavy (non-hydrogen) atoms. The molecule has 0 saturated carbocycles. The van der Waals surface area contributed by atoms with Crippen LogP contribution in [-0.4, -0.2) is 18.2 Å².